The molecule has 126 valence electrons. The molecular weight excluding hydrogens is 306 g/mol. The summed E-state index contributed by atoms with van der Waals surface area (Å²) in [4.78, 5) is 25.8. The van der Waals surface area contributed by atoms with Crippen LogP contribution in [0, 0.1) is 6.92 Å². The van der Waals surface area contributed by atoms with E-state index < -0.39 is 0 Å². The minimum absolute atomic E-state index is 0.0536. The Morgan fingerprint density at radius 3 is 2.79 bits per heavy atom. The van der Waals surface area contributed by atoms with Crippen LogP contribution in [0.5, 0.6) is 0 Å². The van der Waals surface area contributed by atoms with Gasteiger partial charge < -0.3 is 15.5 Å². The fourth-order valence-electron chi connectivity index (χ4n) is 2.75. The second kappa shape index (κ2) is 6.74. The summed E-state index contributed by atoms with van der Waals surface area (Å²) >= 11 is 0. The summed E-state index contributed by atoms with van der Waals surface area (Å²) in [6.45, 7) is 2.87. The number of benzene rings is 1. The van der Waals surface area contributed by atoms with Crippen molar-refractivity contribution in [1.82, 2.24) is 15.1 Å². The molecule has 7 heteroatoms. The molecule has 3 rings (SSSR count). The minimum Gasteiger partial charge on any atom is -0.371 e. The van der Waals surface area contributed by atoms with E-state index >= 15 is 0 Å². The Morgan fingerprint density at radius 1 is 1.33 bits per heavy atom. The summed E-state index contributed by atoms with van der Waals surface area (Å²) in [6, 6.07) is 7.68. The molecule has 0 saturated carbocycles. The summed E-state index contributed by atoms with van der Waals surface area (Å²) in [7, 11) is 1.59. The highest BCUT2D eigenvalue weighted by Crippen LogP contribution is 2.24. The van der Waals surface area contributed by atoms with E-state index in [-0.39, 0.29) is 24.4 Å². The lowest BCUT2D eigenvalue weighted by molar-refractivity contribution is -0.121. The molecule has 1 aliphatic rings. The third kappa shape index (κ3) is 3.40. The second-order valence-corrected chi connectivity index (χ2v) is 5.91. The number of rotatable bonds is 5. The standard InChI is InChI=1S/C17H21N5O2/c1-12-3-5-14(6-4-12)22-8-7-15(17(22)24)20-13-9-19-21(10-13)11-16(23)18-2/h3-6,9-10,15,20H,7-8,11H2,1-2H3,(H,18,23). The van der Waals surface area contributed by atoms with Crippen molar-refractivity contribution in [2.45, 2.75) is 25.9 Å². The summed E-state index contributed by atoms with van der Waals surface area (Å²) in [5, 5.41) is 9.88. The van der Waals surface area contributed by atoms with Gasteiger partial charge in [0.25, 0.3) is 0 Å². The third-order valence-corrected chi connectivity index (χ3v) is 4.11. The van der Waals surface area contributed by atoms with Gasteiger partial charge in [-0.1, -0.05) is 17.7 Å². The molecule has 0 spiro atoms. The molecule has 24 heavy (non-hydrogen) atoms. The Hall–Kier alpha value is -2.83. The molecule has 1 unspecified atom stereocenters. The fraction of sp³-hybridized carbons (Fsp3) is 0.353. The Kier molecular flexibility index (Phi) is 4.50. The van der Waals surface area contributed by atoms with Gasteiger partial charge in [-0.3, -0.25) is 14.3 Å². The quantitative estimate of drug-likeness (QED) is 0.863. The van der Waals surface area contributed by atoms with Crippen LogP contribution in [-0.4, -0.2) is 41.2 Å². The van der Waals surface area contributed by atoms with Gasteiger partial charge in [-0.25, -0.2) is 0 Å². The largest absolute Gasteiger partial charge is 0.371 e. The molecule has 1 saturated heterocycles. The maximum atomic E-state index is 12.6. The van der Waals surface area contributed by atoms with E-state index in [4.69, 9.17) is 0 Å². The van der Waals surface area contributed by atoms with Gasteiger partial charge in [0.2, 0.25) is 11.8 Å². The molecule has 2 heterocycles. The SMILES string of the molecule is CNC(=O)Cn1cc(NC2CCN(c3ccc(C)cc3)C2=O)cn1. The first-order valence-electron chi connectivity index (χ1n) is 7.94. The number of carbonyl (C=O) groups is 2. The molecule has 1 atom stereocenters. The van der Waals surface area contributed by atoms with Gasteiger partial charge in [0.1, 0.15) is 12.6 Å². The van der Waals surface area contributed by atoms with Crippen molar-refractivity contribution in [2.24, 2.45) is 0 Å². The first-order valence-corrected chi connectivity index (χ1v) is 7.94. The number of hydrogen-bond acceptors (Lipinski definition) is 4. The maximum Gasteiger partial charge on any atom is 0.249 e. The third-order valence-electron chi connectivity index (χ3n) is 4.11. The number of carbonyl (C=O) groups excluding carboxylic acids is 2. The minimum atomic E-state index is -0.274. The fourth-order valence-corrected chi connectivity index (χ4v) is 2.75. The van der Waals surface area contributed by atoms with Crippen LogP contribution in [0.1, 0.15) is 12.0 Å². The molecule has 2 aromatic rings. The zero-order valence-electron chi connectivity index (χ0n) is 13.8. The number of aryl methyl sites for hydroxylation is 1. The van der Waals surface area contributed by atoms with Crippen LogP contribution in [0.25, 0.3) is 0 Å². The lowest BCUT2D eigenvalue weighted by atomic mass is 10.2. The lowest BCUT2D eigenvalue weighted by Crippen LogP contribution is -2.33. The van der Waals surface area contributed by atoms with Crippen LogP contribution in [-0.2, 0) is 16.1 Å². The average Bonchev–Trinajstić information content (AvgIpc) is 3.16. The zero-order chi connectivity index (χ0) is 17.1. The number of anilines is 2. The Morgan fingerprint density at radius 2 is 2.08 bits per heavy atom. The zero-order valence-corrected chi connectivity index (χ0v) is 13.8. The van der Waals surface area contributed by atoms with Gasteiger partial charge in [-0.2, -0.15) is 5.10 Å². The first-order chi connectivity index (χ1) is 11.6. The van der Waals surface area contributed by atoms with Crippen LogP contribution in [0.4, 0.5) is 11.4 Å². The predicted molar refractivity (Wildman–Crippen MR) is 91.9 cm³/mol. The van der Waals surface area contributed by atoms with E-state index in [1.54, 1.807) is 29.0 Å². The normalized spacial score (nSPS) is 17.2. The number of amides is 2. The molecule has 2 N–H and O–H groups in total. The van der Waals surface area contributed by atoms with Crippen LogP contribution in [0.3, 0.4) is 0 Å². The summed E-state index contributed by atoms with van der Waals surface area (Å²) in [6.07, 6.45) is 4.09. The molecule has 0 radical (unpaired) electrons. The summed E-state index contributed by atoms with van der Waals surface area (Å²) < 4.78 is 1.54. The number of hydrogen-bond donors (Lipinski definition) is 2. The van der Waals surface area contributed by atoms with Crippen LogP contribution in [0.15, 0.2) is 36.7 Å². The van der Waals surface area contributed by atoms with Crippen molar-refractivity contribution < 1.29 is 9.59 Å². The van der Waals surface area contributed by atoms with Crippen LogP contribution < -0.4 is 15.5 Å². The van der Waals surface area contributed by atoms with Crippen LogP contribution >= 0.6 is 0 Å². The molecule has 0 bridgehead atoms. The number of likely N-dealkylation sites (N-methyl/N-ethyl adjacent to an activating group) is 1. The van der Waals surface area contributed by atoms with Gasteiger partial charge in [0, 0.05) is 25.5 Å². The maximum absolute atomic E-state index is 12.6. The second-order valence-electron chi connectivity index (χ2n) is 5.91. The predicted octanol–water partition coefficient (Wildman–Crippen LogP) is 1.15. The van der Waals surface area contributed by atoms with Gasteiger partial charge in [0.05, 0.1) is 11.9 Å². The van der Waals surface area contributed by atoms with Crippen LogP contribution in [0.2, 0.25) is 0 Å². The van der Waals surface area contributed by atoms with Crippen molar-refractivity contribution in [2.75, 3.05) is 23.8 Å². The number of nitrogens with zero attached hydrogens (tertiary/aromatic N) is 3. The van der Waals surface area contributed by atoms with Crippen molar-refractivity contribution in [3.63, 3.8) is 0 Å². The monoisotopic (exact) mass is 327 g/mol. The van der Waals surface area contributed by atoms with Gasteiger partial charge in [-0.05, 0) is 25.5 Å². The summed E-state index contributed by atoms with van der Waals surface area (Å²) in [5.74, 6) is -0.0648. The van der Waals surface area contributed by atoms with Crippen molar-refractivity contribution >= 4 is 23.2 Å². The number of nitrogens with one attached hydrogen (secondary N) is 2. The van der Waals surface area contributed by atoms with Crippen molar-refractivity contribution in [3.05, 3.63) is 42.2 Å². The molecule has 1 fully saturated rings. The van der Waals surface area contributed by atoms with Gasteiger partial charge in [-0.15, -0.1) is 0 Å². The van der Waals surface area contributed by atoms with E-state index in [1.165, 1.54) is 5.56 Å². The molecule has 0 aliphatic carbocycles. The molecule has 1 aromatic carbocycles. The average molecular weight is 327 g/mol. The van der Waals surface area contributed by atoms with Crippen molar-refractivity contribution in [1.29, 1.82) is 0 Å². The Labute approximate surface area is 140 Å². The highest BCUT2D eigenvalue weighted by molar-refractivity contribution is 6.01. The molecule has 1 aromatic heterocycles. The topological polar surface area (TPSA) is 79.3 Å². The van der Waals surface area contributed by atoms with E-state index in [0.29, 0.717) is 6.54 Å². The van der Waals surface area contributed by atoms with Crippen molar-refractivity contribution in [3.8, 4) is 0 Å². The Balaban J connectivity index is 1.63. The molecule has 1 aliphatic heterocycles. The molecule has 2 amide bonds. The van der Waals surface area contributed by atoms with E-state index in [0.717, 1.165) is 17.8 Å². The molecular formula is C17H21N5O2. The summed E-state index contributed by atoms with van der Waals surface area (Å²) in [5.41, 5.74) is 2.83. The van der Waals surface area contributed by atoms with E-state index in [1.807, 2.05) is 31.2 Å². The smallest absolute Gasteiger partial charge is 0.249 e. The highest BCUT2D eigenvalue weighted by atomic mass is 16.2. The van der Waals surface area contributed by atoms with Gasteiger partial charge in [0.15, 0.2) is 0 Å². The Bertz CT molecular complexity index is 738. The highest BCUT2D eigenvalue weighted by Gasteiger charge is 2.32. The van der Waals surface area contributed by atoms with E-state index in [2.05, 4.69) is 15.7 Å². The van der Waals surface area contributed by atoms with Gasteiger partial charge >= 0.3 is 0 Å². The molecule has 7 nitrogen and oxygen atoms in total. The lowest BCUT2D eigenvalue weighted by Gasteiger charge is -2.17. The number of aromatic nitrogens is 2. The van der Waals surface area contributed by atoms with E-state index in [9.17, 15) is 9.59 Å². The first kappa shape index (κ1) is 16.0.